The van der Waals surface area contributed by atoms with Gasteiger partial charge < -0.3 is 43.2 Å². The first-order valence-corrected chi connectivity index (χ1v) is 14.9. The number of carbonyl (C=O) groups is 6. The highest BCUT2D eigenvalue weighted by Gasteiger charge is 2.72. The maximum absolute atomic E-state index is 13.7. The summed E-state index contributed by atoms with van der Waals surface area (Å²) in [5.74, 6) is -9.82. The van der Waals surface area contributed by atoms with Crippen LogP contribution in [0.2, 0.25) is 0 Å². The topological polar surface area (TPSA) is 190 Å². The van der Waals surface area contributed by atoms with Gasteiger partial charge in [-0.1, -0.05) is 6.07 Å². The van der Waals surface area contributed by atoms with Crippen LogP contribution >= 0.6 is 0 Å². The number of alkyl halides is 3. The van der Waals surface area contributed by atoms with Gasteiger partial charge in [-0.2, -0.15) is 13.2 Å². The van der Waals surface area contributed by atoms with Gasteiger partial charge in [0.25, 0.3) is 0 Å². The Morgan fingerprint density at radius 1 is 1.00 bits per heavy atom. The molecular formula is C31H32F3NO14. The standard InChI is InChI=1S/C31H32F3NO14/c1-13(25(38)49-28(41)31(32,33)34)44-26(39)22(45-14(2)36)23(46-15(3)37)27(40)47-18-8-9-30(42)19-12-16-6-7-17(43-5)21-20(16)29(30,24(18)48-21)10-11-35(19)4/h6-8,13,19,22-24,42H,9-12H2,1-5H3/t13-,19?,22+,23+,24-,29-,30+/m0/s1. The van der Waals surface area contributed by atoms with Gasteiger partial charge in [-0.15, -0.1) is 0 Å². The van der Waals surface area contributed by atoms with Gasteiger partial charge >= 0.3 is 42.0 Å². The lowest BCUT2D eigenvalue weighted by molar-refractivity contribution is -0.207. The van der Waals surface area contributed by atoms with Gasteiger partial charge in [-0.05, 0) is 51.1 Å². The first-order valence-electron chi connectivity index (χ1n) is 14.9. The molecule has 18 heteroatoms. The van der Waals surface area contributed by atoms with Crippen molar-refractivity contribution >= 4 is 35.8 Å². The number of piperidine rings is 1. The fourth-order valence-electron chi connectivity index (χ4n) is 7.11. The molecule has 1 aromatic rings. The van der Waals surface area contributed by atoms with Gasteiger partial charge in [-0.25, -0.2) is 19.2 Å². The molecule has 2 aliphatic heterocycles. The number of benzene rings is 1. The molecule has 0 radical (unpaired) electrons. The number of aliphatic hydroxyl groups is 1. The fourth-order valence-corrected chi connectivity index (χ4v) is 7.11. The van der Waals surface area contributed by atoms with Gasteiger partial charge in [-0.3, -0.25) is 9.59 Å². The molecule has 7 atom stereocenters. The van der Waals surface area contributed by atoms with E-state index in [-0.39, 0.29) is 18.2 Å². The molecule has 15 nitrogen and oxygen atoms in total. The van der Waals surface area contributed by atoms with E-state index in [4.69, 9.17) is 28.4 Å². The monoisotopic (exact) mass is 699 g/mol. The molecule has 2 aliphatic carbocycles. The second-order valence-corrected chi connectivity index (χ2v) is 12.1. The van der Waals surface area contributed by atoms with Crippen molar-refractivity contribution < 1.29 is 80.2 Å². The van der Waals surface area contributed by atoms with E-state index in [1.807, 2.05) is 18.0 Å². The van der Waals surface area contributed by atoms with Gasteiger partial charge in [0.1, 0.15) is 5.76 Å². The normalized spacial score (nSPS) is 26.8. The molecule has 2 heterocycles. The predicted octanol–water partition coefficient (Wildman–Crippen LogP) is 0.943. The SMILES string of the molecule is COc1ccc2c3c1O[C@H]1C(OC(=O)[C@H](OC(C)=O)[C@@H](OC(C)=O)C(=O)O[C@@H](C)C(=O)OC(=O)C(F)(F)F)=CC[C@@]4(O)C(C2)N(C)CC[C@]314. The quantitative estimate of drug-likeness (QED) is 0.218. The van der Waals surface area contributed by atoms with Crippen molar-refractivity contribution in [2.45, 2.75) is 87.7 Å². The number of hydrogen-bond donors (Lipinski definition) is 1. The Morgan fingerprint density at radius 2 is 1.63 bits per heavy atom. The molecule has 0 saturated carbocycles. The molecule has 1 fully saturated rings. The Kier molecular flexibility index (Phi) is 9.18. The molecular weight excluding hydrogens is 667 g/mol. The molecule has 1 unspecified atom stereocenters. The Balaban J connectivity index is 1.45. The van der Waals surface area contributed by atoms with E-state index in [9.17, 15) is 47.0 Å². The number of methoxy groups -OCH3 is 1. The number of likely N-dealkylation sites (tertiary alicyclic amines) is 1. The predicted molar refractivity (Wildman–Crippen MR) is 151 cm³/mol. The third-order valence-electron chi connectivity index (χ3n) is 9.15. The van der Waals surface area contributed by atoms with Gasteiger partial charge in [0.05, 0.1) is 18.1 Å². The van der Waals surface area contributed by atoms with Crippen molar-refractivity contribution in [1.29, 1.82) is 0 Å². The lowest BCUT2D eigenvalue weighted by Crippen LogP contribution is -2.74. The zero-order chi connectivity index (χ0) is 36.2. The average molecular weight is 700 g/mol. The lowest BCUT2D eigenvalue weighted by Gasteiger charge is -2.61. The van der Waals surface area contributed by atoms with E-state index < -0.39 is 77.4 Å². The third kappa shape index (κ3) is 5.96. The molecule has 266 valence electrons. The number of carbonyl (C=O) groups excluding carboxylic acids is 6. The van der Waals surface area contributed by atoms with Crippen molar-refractivity contribution in [2.75, 3.05) is 20.7 Å². The van der Waals surface area contributed by atoms with Gasteiger partial charge in [0.15, 0.2) is 23.7 Å². The lowest BCUT2D eigenvalue weighted by atomic mass is 9.50. The maximum Gasteiger partial charge on any atom is 0.491 e. The summed E-state index contributed by atoms with van der Waals surface area (Å²) in [5, 5.41) is 12.4. The van der Waals surface area contributed by atoms with Crippen molar-refractivity contribution in [1.82, 2.24) is 4.90 Å². The minimum atomic E-state index is -5.55. The van der Waals surface area contributed by atoms with Crippen LogP contribution in [0, 0.1) is 0 Å². The Morgan fingerprint density at radius 3 is 2.22 bits per heavy atom. The Hall–Kier alpha value is -4.71. The average Bonchev–Trinajstić information content (AvgIpc) is 3.37. The summed E-state index contributed by atoms with van der Waals surface area (Å²) in [4.78, 5) is 76.0. The number of esters is 6. The van der Waals surface area contributed by atoms with E-state index in [0.717, 1.165) is 26.3 Å². The summed E-state index contributed by atoms with van der Waals surface area (Å²) < 4.78 is 73.5. The highest BCUT2D eigenvalue weighted by molar-refractivity contribution is 5.93. The first kappa shape index (κ1) is 35.6. The number of likely N-dealkylation sites (N-methyl/N-ethyl adjacent to an activating group) is 1. The van der Waals surface area contributed by atoms with Crippen LogP contribution in [0.15, 0.2) is 24.0 Å². The van der Waals surface area contributed by atoms with Gasteiger partial charge in [0.2, 0.25) is 12.2 Å². The van der Waals surface area contributed by atoms with Gasteiger partial charge in [0, 0.05) is 31.9 Å². The summed E-state index contributed by atoms with van der Waals surface area (Å²) in [5.41, 5.74) is -0.913. The highest BCUT2D eigenvalue weighted by Crippen LogP contribution is 2.65. The zero-order valence-corrected chi connectivity index (χ0v) is 26.8. The minimum absolute atomic E-state index is 0.00943. The molecule has 5 rings (SSSR count). The van der Waals surface area contributed by atoms with Crippen LogP contribution < -0.4 is 9.47 Å². The molecule has 0 amide bonds. The second-order valence-electron chi connectivity index (χ2n) is 12.1. The number of nitrogens with zero attached hydrogens (tertiary/aromatic N) is 1. The fraction of sp³-hybridized carbons (Fsp3) is 0.548. The van der Waals surface area contributed by atoms with E-state index in [0.29, 0.717) is 36.4 Å². The van der Waals surface area contributed by atoms with Crippen molar-refractivity contribution in [3.05, 3.63) is 35.1 Å². The maximum atomic E-state index is 13.7. The highest BCUT2D eigenvalue weighted by atomic mass is 19.4. The third-order valence-corrected chi connectivity index (χ3v) is 9.15. The molecule has 2 bridgehead atoms. The molecule has 1 saturated heterocycles. The largest absolute Gasteiger partial charge is 0.493 e. The molecule has 0 aromatic heterocycles. The van der Waals surface area contributed by atoms with E-state index >= 15 is 0 Å². The van der Waals surface area contributed by atoms with E-state index in [1.54, 1.807) is 6.07 Å². The van der Waals surface area contributed by atoms with Crippen LogP contribution in [0.4, 0.5) is 13.2 Å². The summed E-state index contributed by atoms with van der Waals surface area (Å²) in [6, 6.07) is 3.26. The number of hydrogen-bond acceptors (Lipinski definition) is 15. The molecule has 1 spiro atoms. The number of halogens is 3. The second kappa shape index (κ2) is 12.6. The Bertz CT molecular complexity index is 1640. The van der Waals surface area contributed by atoms with E-state index in [1.165, 1.54) is 13.2 Å². The van der Waals surface area contributed by atoms with Crippen molar-refractivity contribution in [3.8, 4) is 11.5 Å². The van der Waals surface area contributed by atoms with Crippen LogP contribution in [-0.4, -0.2) is 109 Å². The minimum Gasteiger partial charge on any atom is -0.493 e. The van der Waals surface area contributed by atoms with Crippen molar-refractivity contribution in [3.63, 3.8) is 0 Å². The molecule has 4 aliphatic rings. The molecule has 1 N–H and O–H groups in total. The summed E-state index contributed by atoms with van der Waals surface area (Å²) in [6.45, 7) is 2.94. The number of rotatable bonds is 9. The number of ether oxygens (including phenoxy) is 7. The Labute approximate surface area is 276 Å². The van der Waals surface area contributed by atoms with E-state index in [2.05, 4.69) is 4.74 Å². The van der Waals surface area contributed by atoms with Crippen LogP contribution in [0.25, 0.3) is 0 Å². The van der Waals surface area contributed by atoms with Crippen LogP contribution in [0.1, 0.15) is 44.7 Å². The van der Waals surface area contributed by atoms with Crippen LogP contribution in [-0.2, 0) is 64.3 Å². The summed E-state index contributed by atoms with van der Waals surface area (Å²) >= 11 is 0. The summed E-state index contributed by atoms with van der Waals surface area (Å²) in [6.07, 6.45) is -11.4. The van der Waals surface area contributed by atoms with Crippen LogP contribution in [0.3, 0.4) is 0 Å². The summed E-state index contributed by atoms with van der Waals surface area (Å²) in [7, 11) is 3.33. The molecule has 49 heavy (non-hydrogen) atoms. The van der Waals surface area contributed by atoms with Crippen LogP contribution in [0.5, 0.6) is 11.5 Å². The van der Waals surface area contributed by atoms with Crippen molar-refractivity contribution in [2.24, 2.45) is 0 Å². The first-order chi connectivity index (χ1) is 22.8. The zero-order valence-electron chi connectivity index (χ0n) is 26.8. The molecule has 1 aromatic carbocycles. The smallest absolute Gasteiger partial charge is 0.491 e.